The van der Waals surface area contributed by atoms with Gasteiger partial charge in [0.1, 0.15) is 0 Å². The van der Waals surface area contributed by atoms with Crippen LogP contribution in [-0.4, -0.2) is 31.1 Å². The van der Waals surface area contributed by atoms with Crippen molar-refractivity contribution < 1.29 is 9.53 Å². The monoisotopic (exact) mass is 311 g/mol. The van der Waals surface area contributed by atoms with Gasteiger partial charge in [0.05, 0.1) is 13.0 Å². The Labute approximate surface area is 116 Å². The zero-order chi connectivity index (χ0) is 13.1. The summed E-state index contributed by atoms with van der Waals surface area (Å²) >= 11 is 3.48. The van der Waals surface area contributed by atoms with E-state index in [9.17, 15) is 4.79 Å². The van der Waals surface area contributed by atoms with Gasteiger partial charge in [-0.3, -0.25) is 9.69 Å². The predicted octanol–water partition coefficient (Wildman–Crippen LogP) is 2.69. The maximum absolute atomic E-state index is 11.6. The molecule has 1 aliphatic rings. The van der Waals surface area contributed by atoms with Crippen molar-refractivity contribution in [3.63, 3.8) is 0 Å². The highest BCUT2D eigenvalue weighted by molar-refractivity contribution is 9.10. The average molecular weight is 312 g/mol. The van der Waals surface area contributed by atoms with Crippen LogP contribution in [0.2, 0.25) is 0 Å². The van der Waals surface area contributed by atoms with Crippen molar-refractivity contribution in [2.45, 2.75) is 13.5 Å². The smallest absolute Gasteiger partial charge is 0.310 e. The standard InChI is InChI=1S/C14H18BrNO2/c1-10-7-16(9-13(10)14(17)18-2)8-11-4-3-5-12(15)6-11/h3-6,10,13H,7-9H2,1-2H3. The molecular weight excluding hydrogens is 294 g/mol. The van der Waals surface area contributed by atoms with Gasteiger partial charge in [0, 0.05) is 24.1 Å². The lowest BCUT2D eigenvalue weighted by Crippen LogP contribution is -2.24. The fourth-order valence-electron chi connectivity index (χ4n) is 2.55. The van der Waals surface area contributed by atoms with Crippen molar-refractivity contribution >= 4 is 21.9 Å². The summed E-state index contributed by atoms with van der Waals surface area (Å²) in [5.74, 6) is 0.297. The van der Waals surface area contributed by atoms with Gasteiger partial charge in [-0.25, -0.2) is 0 Å². The first-order chi connectivity index (χ1) is 8.60. The summed E-state index contributed by atoms with van der Waals surface area (Å²) in [6.07, 6.45) is 0. The largest absolute Gasteiger partial charge is 0.469 e. The van der Waals surface area contributed by atoms with Crippen LogP contribution in [0.15, 0.2) is 28.7 Å². The summed E-state index contributed by atoms with van der Waals surface area (Å²) < 4.78 is 5.94. The minimum absolute atomic E-state index is 0.0159. The van der Waals surface area contributed by atoms with Crippen molar-refractivity contribution in [3.05, 3.63) is 34.3 Å². The van der Waals surface area contributed by atoms with E-state index in [4.69, 9.17) is 4.74 Å². The minimum Gasteiger partial charge on any atom is -0.469 e. The molecule has 1 aliphatic heterocycles. The van der Waals surface area contributed by atoms with Gasteiger partial charge >= 0.3 is 5.97 Å². The van der Waals surface area contributed by atoms with Gasteiger partial charge in [-0.05, 0) is 23.6 Å². The van der Waals surface area contributed by atoms with Crippen molar-refractivity contribution in [2.75, 3.05) is 20.2 Å². The molecule has 1 aromatic carbocycles. The number of benzene rings is 1. The number of carbonyl (C=O) groups is 1. The number of carbonyl (C=O) groups excluding carboxylic acids is 1. The zero-order valence-corrected chi connectivity index (χ0v) is 12.3. The van der Waals surface area contributed by atoms with Crippen LogP contribution in [0, 0.1) is 11.8 Å². The van der Waals surface area contributed by atoms with Gasteiger partial charge in [0.15, 0.2) is 0 Å². The maximum Gasteiger partial charge on any atom is 0.310 e. The van der Waals surface area contributed by atoms with E-state index in [0.29, 0.717) is 5.92 Å². The molecule has 1 aromatic rings. The van der Waals surface area contributed by atoms with E-state index < -0.39 is 0 Å². The molecule has 1 saturated heterocycles. The van der Waals surface area contributed by atoms with Crippen LogP contribution < -0.4 is 0 Å². The van der Waals surface area contributed by atoms with Crippen molar-refractivity contribution in [2.24, 2.45) is 11.8 Å². The number of halogens is 1. The van der Waals surface area contributed by atoms with Gasteiger partial charge in [-0.1, -0.05) is 35.0 Å². The van der Waals surface area contributed by atoms with Crippen LogP contribution in [-0.2, 0) is 16.1 Å². The van der Waals surface area contributed by atoms with E-state index in [2.05, 4.69) is 39.9 Å². The van der Waals surface area contributed by atoms with Gasteiger partial charge in [0.2, 0.25) is 0 Å². The minimum atomic E-state index is -0.0840. The Morgan fingerprint density at radius 3 is 2.94 bits per heavy atom. The number of hydrogen-bond donors (Lipinski definition) is 0. The lowest BCUT2D eigenvalue weighted by atomic mass is 9.99. The molecule has 1 heterocycles. The van der Waals surface area contributed by atoms with E-state index in [1.165, 1.54) is 12.7 Å². The molecule has 0 saturated carbocycles. The normalized spacial score (nSPS) is 24.2. The van der Waals surface area contributed by atoms with Crippen LogP contribution in [0.4, 0.5) is 0 Å². The summed E-state index contributed by atoms with van der Waals surface area (Å²) in [5, 5.41) is 0. The number of methoxy groups -OCH3 is 1. The number of esters is 1. The highest BCUT2D eigenvalue weighted by Gasteiger charge is 2.35. The van der Waals surface area contributed by atoms with Crippen LogP contribution in [0.25, 0.3) is 0 Å². The molecule has 0 amide bonds. The fourth-order valence-corrected chi connectivity index (χ4v) is 2.99. The molecule has 98 valence electrons. The number of rotatable bonds is 3. The Morgan fingerprint density at radius 1 is 1.50 bits per heavy atom. The lowest BCUT2D eigenvalue weighted by molar-refractivity contribution is -0.146. The number of likely N-dealkylation sites (tertiary alicyclic amines) is 1. The predicted molar refractivity (Wildman–Crippen MR) is 74.1 cm³/mol. The van der Waals surface area contributed by atoms with E-state index in [1.807, 2.05) is 12.1 Å². The molecule has 3 nitrogen and oxygen atoms in total. The summed E-state index contributed by atoms with van der Waals surface area (Å²) in [5.41, 5.74) is 1.27. The topological polar surface area (TPSA) is 29.5 Å². The third-order valence-electron chi connectivity index (χ3n) is 3.49. The molecular formula is C14H18BrNO2. The first kappa shape index (κ1) is 13.6. The third kappa shape index (κ3) is 3.12. The molecule has 0 spiro atoms. The van der Waals surface area contributed by atoms with Crippen LogP contribution in [0.1, 0.15) is 12.5 Å². The summed E-state index contributed by atoms with van der Waals surface area (Å²) in [6.45, 7) is 4.74. The second kappa shape index (κ2) is 5.85. The van der Waals surface area contributed by atoms with Gasteiger partial charge in [-0.2, -0.15) is 0 Å². The van der Waals surface area contributed by atoms with Gasteiger partial charge < -0.3 is 4.74 Å². The summed E-state index contributed by atoms with van der Waals surface area (Å²) in [6, 6.07) is 8.29. The van der Waals surface area contributed by atoms with Crippen molar-refractivity contribution in [1.82, 2.24) is 4.90 Å². The Bertz CT molecular complexity index is 436. The zero-order valence-electron chi connectivity index (χ0n) is 10.7. The highest BCUT2D eigenvalue weighted by atomic mass is 79.9. The van der Waals surface area contributed by atoms with Gasteiger partial charge in [-0.15, -0.1) is 0 Å². The van der Waals surface area contributed by atoms with Crippen LogP contribution in [0.5, 0.6) is 0 Å². The van der Waals surface area contributed by atoms with Gasteiger partial charge in [0.25, 0.3) is 0 Å². The van der Waals surface area contributed by atoms with Crippen LogP contribution in [0.3, 0.4) is 0 Å². The second-order valence-corrected chi connectivity index (χ2v) is 5.85. The molecule has 2 atom stereocenters. The fraction of sp³-hybridized carbons (Fsp3) is 0.500. The Balaban J connectivity index is 1.98. The molecule has 0 radical (unpaired) electrons. The molecule has 0 aromatic heterocycles. The molecule has 0 N–H and O–H groups in total. The summed E-state index contributed by atoms with van der Waals surface area (Å²) in [7, 11) is 1.46. The van der Waals surface area contributed by atoms with E-state index in [-0.39, 0.29) is 11.9 Å². The lowest BCUT2D eigenvalue weighted by Gasteiger charge is -2.15. The number of hydrogen-bond acceptors (Lipinski definition) is 3. The number of ether oxygens (including phenoxy) is 1. The molecule has 2 unspecified atom stereocenters. The SMILES string of the molecule is COC(=O)C1CN(Cc2cccc(Br)c2)CC1C. The summed E-state index contributed by atoms with van der Waals surface area (Å²) in [4.78, 5) is 13.9. The van der Waals surface area contributed by atoms with E-state index >= 15 is 0 Å². The highest BCUT2D eigenvalue weighted by Crippen LogP contribution is 2.25. The molecule has 2 rings (SSSR count). The van der Waals surface area contributed by atoms with Crippen LogP contribution >= 0.6 is 15.9 Å². The van der Waals surface area contributed by atoms with Crippen molar-refractivity contribution in [1.29, 1.82) is 0 Å². The molecule has 1 fully saturated rings. The second-order valence-electron chi connectivity index (χ2n) is 4.93. The van der Waals surface area contributed by atoms with E-state index in [1.54, 1.807) is 0 Å². The quantitative estimate of drug-likeness (QED) is 0.804. The molecule has 0 bridgehead atoms. The average Bonchev–Trinajstić information content (AvgIpc) is 2.69. The first-order valence-corrected chi connectivity index (χ1v) is 6.94. The van der Waals surface area contributed by atoms with Crippen molar-refractivity contribution in [3.8, 4) is 0 Å². The molecule has 18 heavy (non-hydrogen) atoms. The molecule has 4 heteroatoms. The third-order valence-corrected chi connectivity index (χ3v) is 3.98. The van der Waals surface area contributed by atoms with E-state index in [0.717, 1.165) is 24.1 Å². The number of nitrogens with zero attached hydrogens (tertiary/aromatic N) is 1. The Hall–Kier alpha value is -0.870. The maximum atomic E-state index is 11.6. The first-order valence-electron chi connectivity index (χ1n) is 6.14. The Morgan fingerprint density at radius 2 is 2.28 bits per heavy atom. The molecule has 0 aliphatic carbocycles. The Kier molecular flexibility index (Phi) is 4.40.